The second kappa shape index (κ2) is 9.73. The van der Waals surface area contributed by atoms with E-state index in [4.69, 9.17) is 11.6 Å². The Kier molecular flexibility index (Phi) is 7.65. The Bertz CT molecular complexity index is 606. The number of halogens is 2. The molecule has 1 heterocycles. The number of hydrogen-bond acceptors (Lipinski definition) is 3. The van der Waals surface area contributed by atoms with E-state index in [1.165, 1.54) is 18.2 Å². The van der Waals surface area contributed by atoms with E-state index in [2.05, 4.69) is 12.2 Å². The average Bonchev–Trinajstić information content (AvgIpc) is 2.63. The van der Waals surface area contributed by atoms with Crippen LogP contribution >= 0.6 is 11.6 Å². The SMILES string of the molecule is CCCCCN(CC(=O)N1CCNCC1)C(=O)c1ccc(F)c(Cl)c1. The highest BCUT2D eigenvalue weighted by Crippen LogP contribution is 2.18. The van der Waals surface area contributed by atoms with Gasteiger partial charge in [0.25, 0.3) is 5.91 Å². The van der Waals surface area contributed by atoms with Crippen molar-refractivity contribution >= 4 is 23.4 Å². The van der Waals surface area contributed by atoms with Crippen molar-refractivity contribution in [1.29, 1.82) is 0 Å². The van der Waals surface area contributed by atoms with Gasteiger partial charge in [0, 0.05) is 38.3 Å². The van der Waals surface area contributed by atoms with E-state index >= 15 is 0 Å². The van der Waals surface area contributed by atoms with E-state index in [1.807, 2.05) is 0 Å². The third kappa shape index (κ3) is 5.68. The lowest BCUT2D eigenvalue weighted by atomic mass is 10.1. The summed E-state index contributed by atoms with van der Waals surface area (Å²) in [5, 5.41) is 3.11. The van der Waals surface area contributed by atoms with Crippen molar-refractivity contribution in [2.75, 3.05) is 39.3 Å². The van der Waals surface area contributed by atoms with Gasteiger partial charge in [0.05, 0.1) is 5.02 Å². The third-order valence-electron chi connectivity index (χ3n) is 4.28. The Morgan fingerprint density at radius 2 is 2.00 bits per heavy atom. The number of carbonyl (C=O) groups excluding carboxylic acids is 2. The Hall–Kier alpha value is -1.66. The Morgan fingerprint density at radius 3 is 2.64 bits per heavy atom. The molecular weight excluding hydrogens is 345 g/mol. The number of carbonyl (C=O) groups is 2. The van der Waals surface area contributed by atoms with Crippen LogP contribution in [-0.2, 0) is 4.79 Å². The van der Waals surface area contributed by atoms with Gasteiger partial charge in [0.1, 0.15) is 12.4 Å². The molecule has 1 fully saturated rings. The van der Waals surface area contributed by atoms with Crippen molar-refractivity contribution in [2.45, 2.75) is 26.2 Å². The lowest BCUT2D eigenvalue weighted by molar-refractivity contribution is -0.132. The molecule has 0 unspecified atom stereocenters. The van der Waals surface area contributed by atoms with Gasteiger partial charge in [-0.15, -0.1) is 0 Å². The fraction of sp³-hybridized carbons (Fsp3) is 0.556. The van der Waals surface area contributed by atoms with Crippen LogP contribution in [0.15, 0.2) is 18.2 Å². The Morgan fingerprint density at radius 1 is 1.28 bits per heavy atom. The van der Waals surface area contributed by atoms with Crippen LogP contribution in [0.4, 0.5) is 4.39 Å². The van der Waals surface area contributed by atoms with Crippen LogP contribution in [0.25, 0.3) is 0 Å². The van der Waals surface area contributed by atoms with E-state index in [1.54, 1.807) is 9.80 Å². The highest BCUT2D eigenvalue weighted by Gasteiger charge is 2.23. The normalized spacial score (nSPS) is 14.4. The predicted octanol–water partition coefficient (Wildman–Crippen LogP) is 2.54. The van der Waals surface area contributed by atoms with E-state index in [9.17, 15) is 14.0 Å². The number of unbranched alkanes of at least 4 members (excludes halogenated alkanes) is 2. The minimum absolute atomic E-state index is 0.0392. The van der Waals surface area contributed by atoms with Crippen molar-refractivity contribution < 1.29 is 14.0 Å². The van der Waals surface area contributed by atoms with Gasteiger partial charge in [-0.1, -0.05) is 31.4 Å². The van der Waals surface area contributed by atoms with Gasteiger partial charge in [-0.3, -0.25) is 9.59 Å². The highest BCUT2D eigenvalue weighted by molar-refractivity contribution is 6.31. The van der Waals surface area contributed by atoms with Crippen LogP contribution in [0.1, 0.15) is 36.5 Å². The zero-order valence-electron chi connectivity index (χ0n) is 14.6. The van der Waals surface area contributed by atoms with Gasteiger partial charge in [-0.25, -0.2) is 4.39 Å². The molecule has 0 aliphatic carbocycles. The molecule has 7 heteroatoms. The first-order valence-electron chi connectivity index (χ1n) is 8.75. The molecule has 0 bridgehead atoms. The maximum atomic E-state index is 13.3. The summed E-state index contributed by atoms with van der Waals surface area (Å²) in [5.41, 5.74) is 0.302. The maximum Gasteiger partial charge on any atom is 0.254 e. The summed E-state index contributed by atoms with van der Waals surface area (Å²) >= 11 is 5.79. The number of piperazine rings is 1. The molecule has 25 heavy (non-hydrogen) atoms. The van der Waals surface area contributed by atoms with Gasteiger partial charge < -0.3 is 15.1 Å². The molecule has 0 saturated carbocycles. The first-order chi connectivity index (χ1) is 12.0. The van der Waals surface area contributed by atoms with E-state index in [0.29, 0.717) is 25.2 Å². The van der Waals surface area contributed by atoms with Crippen molar-refractivity contribution in [3.05, 3.63) is 34.6 Å². The molecule has 0 radical (unpaired) electrons. The van der Waals surface area contributed by atoms with E-state index in [0.717, 1.165) is 32.4 Å². The summed E-state index contributed by atoms with van der Waals surface area (Å²) in [5.74, 6) is -0.909. The zero-order valence-corrected chi connectivity index (χ0v) is 15.3. The van der Waals surface area contributed by atoms with Crippen molar-refractivity contribution in [3.63, 3.8) is 0 Å². The molecule has 1 aliphatic rings. The lowest BCUT2D eigenvalue weighted by Gasteiger charge is -2.30. The third-order valence-corrected chi connectivity index (χ3v) is 4.57. The first kappa shape index (κ1) is 19.7. The number of amides is 2. The first-order valence-corrected chi connectivity index (χ1v) is 9.13. The van der Waals surface area contributed by atoms with Gasteiger partial charge in [-0.05, 0) is 24.6 Å². The summed E-state index contributed by atoms with van der Waals surface area (Å²) in [6.07, 6.45) is 2.83. The number of benzene rings is 1. The van der Waals surface area contributed by atoms with Crippen LogP contribution in [0.2, 0.25) is 5.02 Å². The van der Waals surface area contributed by atoms with E-state index < -0.39 is 5.82 Å². The second-order valence-corrected chi connectivity index (χ2v) is 6.60. The van der Waals surface area contributed by atoms with Crippen molar-refractivity contribution in [2.24, 2.45) is 0 Å². The van der Waals surface area contributed by atoms with Crippen LogP contribution < -0.4 is 5.32 Å². The summed E-state index contributed by atoms with van der Waals surface area (Å²) in [6, 6.07) is 3.91. The van der Waals surface area contributed by atoms with Gasteiger partial charge in [0.15, 0.2) is 0 Å². The fourth-order valence-electron chi connectivity index (χ4n) is 2.79. The average molecular weight is 370 g/mol. The number of nitrogens with zero attached hydrogens (tertiary/aromatic N) is 2. The lowest BCUT2D eigenvalue weighted by Crippen LogP contribution is -2.50. The molecule has 1 aromatic carbocycles. The van der Waals surface area contributed by atoms with Crippen LogP contribution in [0.5, 0.6) is 0 Å². The highest BCUT2D eigenvalue weighted by atomic mass is 35.5. The number of nitrogens with one attached hydrogen (secondary N) is 1. The van der Waals surface area contributed by atoms with Crippen molar-refractivity contribution in [3.8, 4) is 0 Å². The van der Waals surface area contributed by atoms with Crippen molar-refractivity contribution in [1.82, 2.24) is 15.1 Å². The molecule has 0 spiro atoms. The molecule has 0 atom stereocenters. The maximum absolute atomic E-state index is 13.3. The van der Waals surface area contributed by atoms with Crippen LogP contribution in [0.3, 0.4) is 0 Å². The molecular formula is C18H25ClFN3O2. The van der Waals surface area contributed by atoms with Crippen LogP contribution in [-0.4, -0.2) is 60.9 Å². The molecule has 2 amide bonds. The quantitative estimate of drug-likeness (QED) is 0.751. The largest absolute Gasteiger partial charge is 0.339 e. The topological polar surface area (TPSA) is 52.7 Å². The molecule has 5 nitrogen and oxygen atoms in total. The monoisotopic (exact) mass is 369 g/mol. The zero-order chi connectivity index (χ0) is 18.2. The summed E-state index contributed by atoms with van der Waals surface area (Å²) in [7, 11) is 0. The second-order valence-electron chi connectivity index (χ2n) is 6.19. The number of rotatable bonds is 7. The predicted molar refractivity (Wildman–Crippen MR) is 96.3 cm³/mol. The Balaban J connectivity index is 2.08. The van der Waals surface area contributed by atoms with Gasteiger partial charge >= 0.3 is 0 Å². The van der Waals surface area contributed by atoms with Crippen LogP contribution in [0, 0.1) is 5.82 Å². The van der Waals surface area contributed by atoms with E-state index in [-0.39, 0.29) is 23.4 Å². The smallest absolute Gasteiger partial charge is 0.254 e. The number of hydrogen-bond donors (Lipinski definition) is 1. The minimum Gasteiger partial charge on any atom is -0.339 e. The summed E-state index contributed by atoms with van der Waals surface area (Å²) in [6.45, 7) is 5.46. The Labute approximate surface area is 153 Å². The van der Waals surface area contributed by atoms with Gasteiger partial charge in [-0.2, -0.15) is 0 Å². The molecule has 1 N–H and O–H groups in total. The molecule has 0 aromatic heterocycles. The minimum atomic E-state index is -0.562. The molecule has 1 aliphatic heterocycles. The standard InChI is InChI=1S/C18H25ClFN3O2/c1-2-3-4-9-23(13-17(24)22-10-7-21-8-11-22)18(25)14-5-6-16(20)15(19)12-14/h5-6,12,21H,2-4,7-11,13H2,1H3. The van der Waals surface area contributed by atoms with Gasteiger partial charge in [0.2, 0.25) is 5.91 Å². The summed E-state index contributed by atoms with van der Waals surface area (Å²) in [4.78, 5) is 28.6. The molecule has 1 aromatic rings. The molecule has 1 saturated heterocycles. The molecule has 138 valence electrons. The fourth-order valence-corrected chi connectivity index (χ4v) is 2.97. The summed E-state index contributed by atoms with van der Waals surface area (Å²) < 4.78 is 13.3. The molecule has 2 rings (SSSR count).